The Morgan fingerprint density at radius 1 is 0.741 bits per heavy atom. The summed E-state index contributed by atoms with van der Waals surface area (Å²) in [5, 5.41) is 8.88. The minimum Gasteiger partial charge on any atom is -0.494 e. The molecule has 0 aromatic heterocycles. The van der Waals surface area contributed by atoms with E-state index in [-0.39, 0.29) is 0 Å². The first-order valence-electron chi connectivity index (χ1n) is 9.23. The SMILES string of the molecule is CCCCOc1ccc(COc2ccc(-c3ccc(C#N)cc3)cc2)cc1. The number of hydrogen-bond acceptors (Lipinski definition) is 3. The molecular weight excluding hydrogens is 334 g/mol. The molecule has 0 saturated carbocycles. The molecule has 3 heteroatoms. The fourth-order valence-corrected chi connectivity index (χ4v) is 2.66. The molecule has 27 heavy (non-hydrogen) atoms. The average Bonchev–Trinajstić information content (AvgIpc) is 2.74. The van der Waals surface area contributed by atoms with E-state index in [0.717, 1.165) is 47.6 Å². The second kappa shape index (κ2) is 9.45. The normalized spacial score (nSPS) is 10.2. The van der Waals surface area contributed by atoms with E-state index in [9.17, 15) is 0 Å². The first-order valence-corrected chi connectivity index (χ1v) is 9.23. The largest absolute Gasteiger partial charge is 0.494 e. The van der Waals surface area contributed by atoms with Crippen molar-refractivity contribution in [2.75, 3.05) is 6.61 Å². The number of nitrogens with zero attached hydrogens (tertiary/aromatic N) is 1. The Kier molecular flexibility index (Phi) is 6.49. The molecule has 3 aromatic carbocycles. The molecule has 0 radical (unpaired) electrons. The lowest BCUT2D eigenvalue weighted by Crippen LogP contribution is -1.98. The van der Waals surface area contributed by atoms with Gasteiger partial charge in [0.2, 0.25) is 0 Å². The first-order chi connectivity index (χ1) is 13.3. The van der Waals surface area contributed by atoms with Crippen LogP contribution in [0.5, 0.6) is 11.5 Å². The molecular formula is C24H23NO2. The van der Waals surface area contributed by atoms with Gasteiger partial charge in [-0.25, -0.2) is 0 Å². The number of ether oxygens (including phenoxy) is 2. The summed E-state index contributed by atoms with van der Waals surface area (Å²) < 4.78 is 11.5. The first kappa shape index (κ1) is 18.5. The molecule has 0 aliphatic carbocycles. The van der Waals surface area contributed by atoms with Crippen LogP contribution < -0.4 is 9.47 Å². The predicted molar refractivity (Wildman–Crippen MR) is 108 cm³/mol. The van der Waals surface area contributed by atoms with E-state index in [4.69, 9.17) is 14.7 Å². The summed E-state index contributed by atoms with van der Waals surface area (Å²) in [6, 6.07) is 25.7. The molecule has 3 rings (SSSR count). The lowest BCUT2D eigenvalue weighted by molar-refractivity contribution is 0.302. The Bertz CT molecular complexity index is 876. The van der Waals surface area contributed by atoms with Crippen LogP contribution in [0.25, 0.3) is 11.1 Å². The number of unbranched alkanes of at least 4 members (excludes halogenated alkanes) is 1. The second-order valence-electron chi connectivity index (χ2n) is 6.35. The van der Waals surface area contributed by atoms with Crippen LogP contribution in [0.1, 0.15) is 30.9 Å². The Balaban J connectivity index is 1.54. The van der Waals surface area contributed by atoms with Gasteiger partial charge in [0.1, 0.15) is 18.1 Å². The zero-order valence-electron chi connectivity index (χ0n) is 15.5. The Morgan fingerprint density at radius 2 is 1.30 bits per heavy atom. The second-order valence-corrected chi connectivity index (χ2v) is 6.35. The van der Waals surface area contributed by atoms with Gasteiger partial charge in [0.25, 0.3) is 0 Å². The third-order valence-electron chi connectivity index (χ3n) is 4.30. The van der Waals surface area contributed by atoms with Crippen molar-refractivity contribution in [1.29, 1.82) is 5.26 Å². The summed E-state index contributed by atoms with van der Waals surface area (Å²) in [6.07, 6.45) is 2.21. The van der Waals surface area contributed by atoms with Gasteiger partial charge < -0.3 is 9.47 Å². The molecule has 0 heterocycles. The Labute approximate surface area is 160 Å². The molecule has 0 unspecified atom stereocenters. The molecule has 3 nitrogen and oxygen atoms in total. The maximum absolute atomic E-state index is 8.88. The number of benzene rings is 3. The maximum atomic E-state index is 8.88. The predicted octanol–water partition coefficient (Wildman–Crippen LogP) is 5.98. The Hall–Kier alpha value is -3.25. The van der Waals surface area contributed by atoms with Crippen molar-refractivity contribution in [3.8, 4) is 28.7 Å². The highest BCUT2D eigenvalue weighted by molar-refractivity contribution is 5.64. The highest BCUT2D eigenvalue weighted by Crippen LogP contribution is 2.23. The third kappa shape index (κ3) is 5.36. The molecule has 0 saturated heterocycles. The lowest BCUT2D eigenvalue weighted by atomic mass is 10.0. The van der Waals surface area contributed by atoms with Crippen LogP contribution in [0.15, 0.2) is 72.8 Å². The highest BCUT2D eigenvalue weighted by atomic mass is 16.5. The van der Waals surface area contributed by atoms with Crippen molar-refractivity contribution >= 4 is 0 Å². The van der Waals surface area contributed by atoms with Crippen LogP contribution in [-0.2, 0) is 6.61 Å². The fraction of sp³-hybridized carbons (Fsp3) is 0.208. The number of rotatable bonds is 8. The maximum Gasteiger partial charge on any atom is 0.119 e. The van der Waals surface area contributed by atoms with E-state index in [2.05, 4.69) is 13.0 Å². The molecule has 0 atom stereocenters. The summed E-state index contributed by atoms with van der Waals surface area (Å²) in [5.41, 5.74) is 3.95. The van der Waals surface area contributed by atoms with Gasteiger partial charge in [-0.05, 0) is 59.5 Å². The van der Waals surface area contributed by atoms with E-state index in [1.165, 1.54) is 0 Å². The molecule has 0 aliphatic rings. The average molecular weight is 357 g/mol. The summed E-state index contributed by atoms with van der Waals surface area (Å²) in [5.74, 6) is 1.73. The van der Waals surface area contributed by atoms with Gasteiger partial charge in [0.15, 0.2) is 0 Å². The molecule has 0 amide bonds. The highest BCUT2D eigenvalue weighted by Gasteiger charge is 2.01. The van der Waals surface area contributed by atoms with Gasteiger partial charge in [-0.1, -0.05) is 49.7 Å². The van der Waals surface area contributed by atoms with Gasteiger partial charge in [0, 0.05) is 0 Å². The van der Waals surface area contributed by atoms with Gasteiger partial charge in [0.05, 0.1) is 18.2 Å². The van der Waals surface area contributed by atoms with Crippen LogP contribution in [0.4, 0.5) is 0 Å². The molecule has 0 N–H and O–H groups in total. The van der Waals surface area contributed by atoms with Crippen molar-refractivity contribution in [3.05, 3.63) is 83.9 Å². The van der Waals surface area contributed by atoms with Crippen LogP contribution in [0, 0.1) is 11.3 Å². The van der Waals surface area contributed by atoms with Crippen molar-refractivity contribution in [2.24, 2.45) is 0 Å². The van der Waals surface area contributed by atoms with Crippen molar-refractivity contribution in [1.82, 2.24) is 0 Å². The van der Waals surface area contributed by atoms with E-state index in [1.54, 1.807) is 0 Å². The molecule has 136 valence electrons. The van der Waals surface area contributed by atoms with Crippen LogP contribution in [0.2, 0.25) is 0 Å². The van der Waals surface area contributed by atoms with Gasteiger partial charge >= 0.3 is 0 Å². The van der Waals surface area contributed by atoms with Gasteiger partial charge in [-0.2, -0.15) is 5.26 Å². The fourth-order valence-electron chi connectivity index (χ4n) is 2.66. The zero-order valence-corrected chi connectivity index (χ0v) is 15.5. The van der Waals surface area contributed by atoms with Gasteiger partial charge in [-0.15, -0.1) is 0 Å². The smallest absolute Gasteiger partial charge is 0.119 e. The Morgan fingerprint density at radius 3 is 1.89 bits per heavy atom. The third-order valence-corrected chi connectivity index (χ3v) is 4.30. The van der Waals surface area contributed by atoms with Crippen LogP contribution in [0.3, 0.4) is 0 Å². The minimum absolute atomic E-state index is 0.519. The van der Waals surface area contributed by atoms with E-state index < -0.39 is 0 Å². The molecule has 0 spiro atoms. The molecule has 0 fully saturated rings. The van der Waals surface area contributed by atoms with E-state index in [0.29, 0.717) is 12.2 Å². The van der Waals surface area contributed by atoms with E-state index >= 15 is 0 Å². The summed E-state index contributed by atoms with van der Waals surface area (Å²) >= 11 is 0. The monoisotopic (exact) mass is 357 g/mol. The topological polar surface area (TPSA) is 42.2 Å². The van der Waals surface area contributed by atoms with Crippen molar-refractivity contribution in [2.45, 2.75) is 26.4 Å². The van der Waals surface area contributed by atoms with Crippen LogP contribution in [-0.4, -0.2) is 6.61 Å². The molecule has 0 bridgehead atoms. The number of nitriles is 1. The quantitative estimate of drug-likeness (QED) is 0.465. The van der Waals surface area contributed by atoms with E-state index in [1.807, 2.05) is 72.8 Å². The van der Waals surface area contributed by atoms with Gasteiger partial charge in [-0.3, -0.25) is 0 Å². The summed E-state index contributed by atoms with van der Waals surface area (Å²) in [7, 11) is 0. The van der Waals surface area contributed by atoms with Crippen molar-refractivity contribution in [3.63, 3.8) is 0 Å². The lowest BCUT2D eigenvalue weighted by Gasteiger charge is -2.09. The zero-order chi connectivity index (χ0) is 18.9. The standard InChI is InChI=1S/C24H23NO2/c1-2-3-16-26-23-12-6-20(7-13-23)18-27-24-14-10-22(11-15-24)21-8-4-19(17-25)5-9-21/h4-15H,2-3,16,18H2,1H3. The molecule has 3 aromatic rings. The molecule has 0 aliphatic heterocycles. The van der Waals surface area contributed by atoms with Crippen LogP contribution >= 0.6 is 0 Å². The number of hydrogen-bond donors (Lipinski definition) is 0. The van der Waals surface area contributed by atoms with Crippen molar-refractivity contribution < 1.29 is 9.47 Å². The minimum atomic E-state index is 0.519. The summed E-state index contributed by atoms with van der Waals surface area (Å²) in [6.45, 7) is 3.43. The summed E-state index contributed by atoms with van der Waals surface area (Å²) in [4.78, 5) is 0.